The fourth-order valence-corrected chi connectivity index (χ4v) is 2.13. The second kappa shape index (κ2) is 7.02. The maximum Gasteiger partial charge on any atom is 0.135 e. The molecule has 0 amide bonds. The molecule has 0 aliphatic rings. The van der Waals surface area contributed by atoms with Crippen LogP contribution in [0.3, 0.4) is 0 Å². The predicted molar refractivity (Wildman–Crippen MR) is 86.6 cm³/mol. The van der Waals surface area contributed by atoms with Gasteiger partial charge in [-0.05, 0) is 44.9 Å². The Labute approximate surface area is 126 Å². The molecule has 5 heteroatoms. The Kier molecular flexibility index (Phi) is 5.09. The Morgan fingerprint density at radius 1 is 1.10 bits per heavy atom. The molecule has 112 valence electrons. The quantitative estimate of drug-likeness (QED) is 0.850. The summed E-state index contributed by atoms with van der Waals surface area (Å²) in [6.45, 7) is 9.13. The first kappa shape index (κ1) is 15.2. The van der Waals surface area contributed by atoms with Crippen molar-refractivity contribution in [3.63, 3.8) is 0 Å². The van der Waals surface area contributed by atoms with Gasteiger partial charge < -0.3 is 10.6 Å². The predicted octanol–water partition coefficient (Wildman–Crippen LogP) is 3.48. The van der Waals surface area contributed by atoms with E-state index < -0.39 is 0 Å². The standard InChI is InChI=1S/C16H23N5/c1-5-8-18-15-11(2)16(21-13(4)20-15)19-12(3)14-6-9-17-10-7-14/h6-7,9-10,12H,5,8H2,1-4H3,(H2,18,19,20,21). The van der Waals surface area contributed by atoms with Crippen molar-refractivity contribution in [1.82, 2.24) is 15.0 Å². The van der Waals surface area contributed by atoms with Gasteiger partial charge in [0.15, 0.2) is 0 Å². The Bertz CT molecular complexity index is 583. The molecular weight excluding hydrogens is 262 g/mol. The Morgan fingerprint density at radius 2 is 1.76 bits per heavy atom. The van der Waals surface area contributed by atoms with E-state index >= 15 is 0 Å². The number of hydrogen-bond donors (Lipinski definition) is 2. The van der Waals surface area contributed by atoms with E-state index in [0.29, 0.717) is 0 Å². The maximum absolute atomic E-state index is 4.53. The summed E-state index contributed by atoms with van der Waals surface area (Å²) in [6.07, 6.45) is 4.68. The number of aryl methyl sites for hydroxylation is 1. The van der Waals surface area contributed by atoms with E-state index in [4.69, 9.17) is 0 Å². The summed E-state index contributed by atoms with van der Waals surface area (Å²) in [7, 11) is 0. The van der Waals surface area contributed by atoms with Gasteiger partial charge in [-0.2, -0.15) is 0 Å². The summed E-state index contributed by atoms with van der Waals surface area (Å²) in [5.74, 6) is 2.56. The molecule has 21 heavy (non-hydrogen) atoms. The number of aromatic nitrogens is 3. The molecule has 5 nitrogen and oxygen atoms in total. The molecule has 0 spiro atoms. The van der Waals surface area contributed by atoms with Crippen molar-refractivity contribution < 1.29 is 0 Å². The smallest absolute Gasteiger partial charge is 0.135 e. The van der Waals surface area contributed by atoms with Crippen LogP contribution in [0.15, 0.2) is 24.5 Å². The van der Waals surface area contributed by atoms with Crippen LogP contribution in [0, 0.1) is 13.8 Å². The molecule has 0 aliphatic carbocycles. The van der Waals surface area contributed by atoms with E-state index in [1.54, 1.807) is 12.4 Å². The highest BCUT2D eigenvalue weighted by Crippen LogP contribution is 2.24. The fraction of sp³-hybridized carbons (Fsp3) is 0.438. The van der Waals surface area contributed by atoms with E-state index in [-0.39, 0.29) is 6.04 Å². The van der Waals surface area contributed by atoms with Crippen molar-refractivity contribution in [2.45, 2.75) is 40.2 Å². The van der Waals surface area contributed by atoms with Gasteiger partial charge in [-0.15, -0.1) is 0 Å². The van der Waals surface area contributed by atoms with E-state index in [1.807, 2.05) is 26.0 Å². The molecule has 0 saturated heterocycles. The lowest BCUT2D eigenvalue weighted by Gasteiger charge is -2.18. The molecule has 1 unspecified atom stereocenters. The molecule has 2 aromatic rings. The lowest BCUT2D eigenvalue weighted by Crippen LogP contribution is -2.13. The topological polar surface area (TPSA) is 62.7 Å². The first-order chi connectivity index (χ1) is 10.1. The van der Waals surface area contributed by atoms with Crippen LogP contribution in [-0.4, -0.2) is 21.5 Å². The summed E-state index contributed by atoms with van der Waals surface area (Å²) in [4.78, 5) is 13.1. The summed E-state index contributed by atoms with van der Waals surface area (Å²) >= 11 is 0. The zero-order chi connectivity index (χ0) is 15.2. The average molecular weight is 285 g/mol. The van der Waals surface area contributed by atoms with Crippen molar-refractivity contribution in [2.75, 3.05) is 17.2 Å². The van der Waals surface area contributed by atoms with Gasteiger partial charge in [0.25, 0.3) is 0 Å². The molecule has 0 bridgehead atoms. The van der Waals surface area contributed by atoms with Crippen LogP contribution >= 0.6 is 0 Å². The fourth-order valence-electron chi connectivity index (χ4n) is 2.13. The number of nitrogens with one attached hydrogen (secondary N) is 2. The Morgan fingerprint density at radius 3 is 2.43 bits per heavy atom. The number of anilines is 2. The molecule has 1 atom stereocenters. The Hall–Kier alpha value is -2.17. The van der Waals surface area contributed by atoms with Gasteiger partial charge in [-0.3, -0.25) is 4.98 Å². The number of pyridine rings is 1. The van der Waals surface area contributed by atoms with Crippen molar-refractivity contribution in [1.29, 1.82) is 0 Å². The van der Waals surface area contributed by atoms with Gasteiger partial charge in [0.05, 0.1) is 6.04 Å². The van der Waals surface area contributed by atoms with E-state index in [1.165, 1.54) is 5.56 Å². The molecule has 0 fully saturated rings. The number of hydrogen-bond acceptors (Lipinski definition) is 5. The highest BCUT2D eigenvalue weighted by atomic mass is 15.1. The van der Waals surface area contributed by atoms with Crippen molar-refractivity contribution in [2.24, 2.45) is 0 Å². The van der Waals surface area contributed by atoms with Crippen LogP contribution < -0.4 is 10.6 Å². The largest absolute Gasteiger partial charge is 0.370 e. The lowest BCUT2D eigenvalue weighted by atomic mass is 10.1. The van der Waals surface area contributed by atoms with Gasteiger partial charge in [-0.25, -0.2) is 9.97 Å². The van der Waals surface area contributed by atoms with Gasteiger partial charge in [0.1, 0.15) is 17.5 Å². The second-order valence-corrected chi connectivity index (χ2v) is 5.17. The number of nitrogens with zero attached hydrogens (tertiary/aromatic N) is 3. The van der Waals surface area contributed by atoms with Gasteiger partial charge in [-0.1, -0.05) is 6.92 Å². The van der Waals surface area contributed by atoms with Crippen molar-refractivity contribution in [3.8, 4) is 0 Å². The maximum atomic E-state index is 4.53. The van der Waals surface area contributed by atoms with E-state index in [0.717, 1.165) is 36.0 Å². The van der Waals surface area contributed by atoms with Gasteiger partial charge in [0, 0.05) is 24.5 Å². The van der Waals surface area contributed by atoms with E-state index in [9.17, 15) is 0 Å². The first-order valence-electron chi connectivity index (χ1n) is 7.37. The molecule has 2 heterocycles. The molecule has 0 aromatic carbocycles. The van der Waals surface area contributed by atoms with Crippen LogP contribution in [0.4, 0.5) is 11.6 Å². The molecule has 2 rings (SSSR count). The summed E-state index contributed by atoms with van der Waals surface area (Å²) in [6, 6.07) is 4.19. The minimum absolute atomic E-state index is 0.167. The molecule has 0 radical (unpaired) electrons. The van der Waals surface area contributed by atoms with Gasteiger partial charge >= 0.3 is 0 Å². The summed E-state index contributed by atoms with van der Waals surface area (Å²) in [5.41, 5.74) is 2.23. The van der Waals surface area contributed by atoms with Crippen LogP contribution in [0.1, 0.15) is 43.3 Å². The normalized spacial score (nSPS) is 12.0. The second-order valence-electron chi connectivity index (χ2n) is 5.17. The van der Waals surface area contributed by atoms with Crippen LogP contribution in [-0.2, 0) is 0 Å². The number of rotatable bonds is 6. The van der Waals surface area contributed by atoms with Crippen LogP contribution in [0.5, 0.6) is 0 Å². The van der Waals surface area contributed by atoms with Crippen molar-refractivity contribution in [3.05, 3.63) is 41.5 Å². The lowest BCUT2D eigenvalue weighted by molar-refractivity contribution is 0.857. The van der Waals surface area contributed by atoms with Crippen LogP contribution in [0.2, 0.25) is 0 Å². The zero-order valence-electron chi connectivity index (χ0n) is 13.1. The Balaban J connectivity index is 2.21. The third kappa shape index (κ3) is 3.90. The third-order valence-electron chi connectivity index (χ3n) is 3.36. The zero-order valence-corrected chi connectivity index (χ0v) is 13.1. The SMILES string of the molecule is CCCNc1nc(C)nc(NC(C)c2ccncc2)c1C. The summed E-state index contributed by atoms with van der Waals surface area (Å²) < 4.78 is 0. The minimum atomic E-state index is 0.167. The summed E-state index contributed by atoms with van der Waals surface area (Å²) in [5, 5.41) is 6.82. The van der Waals surface area contributed by atoms with Crippen LogP contribution in [0.25, 0.3) is 0 Å². The van der Waals surface area contributed by atoms with E-state index in [2.05, 4.69) is 39.4 Å². The third-order valence-corrected chi connectivity index (χ3v) is 3.36. The average Bonchev–Trinajstić information content (AvgIpc) is 2.50. The minimum Gasteiger partial charge on any atom is -0.370 e. The molecule has 0 aliphatic heterocycles. The molecule has 2 N–H and O–H groups in total. The first-order valence-corrected chi connectivity index (χ1v) is 7.37. The monoisotopic (exact) mass is 285 g/mol. The van der Waals surface area contributed by atoms with Gasteiger partial charge in [0.2, 0.25) is 0 Å². The molecular formula is C16H23N5. The highest BCUT2D eigenvalue weighted by molar-refractivity contribution is 5.57. The molecule has 2 aromatic heterocycles. The molecule has 0 saturated carbocycles. The van der Waals surface area contributed by atoms with Crippen molar-refractivity contribution >= 4 is 11.6 Å². The highest BCUT2D eigenvalue weighted by Gasteiger charge is 2.12.